The van der Waals surface area contributed by atoms with Crippen molar-refractivity contribution < 1.29 is 9.59 Å². The number of rotatable bonds is 6. The number of piperidine rings is 1. The lowest BCUT2D eigenvalue weighted by molar-refractivity contribution is -0.117. The number of Topliss-reactive ketones (excluding diaryl/α,β-unsaturated/α-hetero) is 1. The molecule has 1 saturated heterocycles. The Morgan fingerprint density at radius 2 is 1.88 bits per heavy atom. The number of carbonyl (C=O) groups excluding carboxylic acids is 2. The molecule has 2 heterocycles. The topological polar surface area (TPSA) is 54.3 Å². The highest BCUT2D eigenvalue weighted by atomic mass is 16.2. The van der Waals surface area contributed by atoms with Crippen LogP contribution in [0.5, 0.6) is 0 Å². The number of amides is 1. The predicted octanol–water partition coefficient (Wildman–Crippen LogP) is 2.45. The molecule has 1 amide bonds. The van der Waals surface area contributed by atoms with E-state index in [1.54, 1.807) is 6.20 Å². The Bertz CT molecular complexity index is 729. The first-order valence-electron chi connectivity index (χ1n) is 8.83. The molecule has 1 aromatic carbocycles. The molecular weight excluding hydrogens is 302 g/mol. The van der Waals surface area contributed by atoms with Gasteiger partial charge in [0.2, 0.25) is 0 Å². The van der Waals surface area contributed by atoms with E-state index in [9.17, 15) is 9.59 Å². The number of hydrogen-bond acceptors (Lipinski definition) is 3. The largest absolute Gasteiger partial charge is 0.348 e. The highest BCUT2D eigenvalue weighted by molar-refractivity contribution is 6.45. The van der Waals surface area contributed by atoms with Gasteiger partial charge in [-0.1, -0.05) is 24.6 Å². The van der Waals surface area contributed by atoms with Crippen molar-refractivity contribution in [3.63, 3.8) is 0 Å². The summed E-state index contributed by atoms with van der Waals surface area (Å²) >= 11 is 0. The zero-order chi connectivity index (χ0) is 16.9. The van der Waals surface area contributed by atoms with E-state index in [0.717, 1.165) is 37.1 Å². The van der Waals surface area contributed by atoms with Crippen LogP contribution in [0.3, 0.4) is 0 Å². The van der Waals surface area contributed by atoms with Crippen molar-refractivity contribution in [2.24, 2.45) is 0 Å². The van der Waals surface area contributed by atoms with Crippen molar-refractivity contribution in [2.75, 3.05) is 26.2 Å². The minimum atomic E-state index is -0.508. The molecule has 0 unspecified atom stereocenters. The number of benzene rings is 1. The summed E-state index contributed by atoms with van der Waals surface area (Å²) in [5, 5.41) is 3.62. The van der Waals surface area contributed by atoms with Gasteiger partial charge in [0.05, 0.1) is 5.56 Å². The summed E-state index contributed by atoms with van der Waals surface area (Å²) in [6, 6.07) is 7.72. The first-order valence-corrected chi connectivity index (χ1v) is 8.83. The molecule has 5 heteroatoms. The van der Waals surface area contributed by atoms with E-state index in [0.29, 0.717) is 12.1 Å². The van der Waals surface area contributed by atoms with E-state index >= 15 is 0 Å². The fourth-order valence-electron chi connectivity index (χ4n) is 3.40. The van der Waals surface area contributed by atoms with Crippen molar-refractivity contribution in [2.45, 2.75) is 32.7 Å². The molecule has 1 aliphatic heterocycles. The van der Waals surface area contributed by atoms with E-state index in [-0.39, 0.29) is 0 Å². The normalized spacial score (nSPS) is 15.5. The lowest BCUT2D eigenvalue weighted by Crippen LogP contribution is -2.39. The molecule has 0 spiro atoms. The third-order valence-electron chi connectivity index (χ3n) is 4.74. The van der Waals surface area contributed by atoms with Crippen molar-refractivity contribution in [1.29, 1.82) is 0 Å². The average molecular weight is 327 g/mol. The monoisotopic (exact) mass is 327 g/mol. The van der Waals surface area contributed by atoms with Crippen LogP contribution in [0.1, 0.15) is 36.5 Å². The van der Waals surface area contributed by atoms with Crippen LogP contribution in [-0.2, 0) is 11.3 Å². The van der Waals surface area contributed by atoms with Crippen LogP contribution < -0.4 is 5.32 Å². The van der Waals surface area contributed by atoms with Gasteiger partial charge in [-0.15, -0.1) is 0 Å². The highest BCUT2D eigenvalue weighted by Crippen LogP contribution is 2.21. The summed E-state index contributed by atoms with van der Waals surface area (Å²) in [5.41, 5.74) is 1.48. The minimum absolute atomic E-state index is 0.447. The number of ketones is 1. The number of nitrogens with zero attached hydrogens (tertiary/aromatic N) is 2. The maximum Gasteiger partial charge on any atom is 0.292 e. The first-order chi connectivity index (χ1) is 11.7. The van der Waals surface area contributed by atoms with Gasteiger partial charge >= 0.3 is 0 Å². The van der Waals surface area contributed by atoms with Gasteiger partial charge < -0.3 is 14.8 Å². The van der Waals surface area contributed by atoms with Crippen LogP contribution in [0.4, 0.5) is 0 Å². The van der Waals surface area contributed by atoms with Crippen LogP contribution >= 0.6 is 0 Å². The maximum atomic E-state index is 12.5. The fourth-order valence-corrected chi connectivity index (χ4v) is 3.40. The quantitative estimate of drug-likeness (QED) is 0.655. The second-order valence-electron chi connectivity index (χ2n) is 6.33. The third-order valence-corrected chi connectivity index (χ3v) is 4.74. The van der Waals surface area contributed by atoms with Crippen LogP contribution in [-0.4, -0.2) is 47.3 Å². The Balaban J connectivity index is 1.64. The Labute approximate surface area is 142 Å². The predicted molar refractivity (Wildman–Crippen MR) is 95.2 cm³/mol. The number of carbonyl (C=O) groups is 2. The SMILES string of the molecule is CCn1cc(C(=O)C(=O)NCCN2CCCCC2)c2ccccc21. The molecule has 5 nitrogen and oxygen atoms in total. The molecule has 1 aliphatic rings. The van der Waals surface area contributed by atoms with E-state index in [4.69, 9.17) is 0 Å². The maximum absolute atomic E-state index is 12.5. The van der Waals surface area contributed by atoms with E-state index in [2.05, 4.69) is 10.2 Å². The molecular formula is C19H25N3O2. The van der Waals surface area contributed by atoms with Crippen molar-refractivity contribution in [3.05, 3.63) is 36.0 Å². The summed E-state index contributed by atoms with van der Waals surface area (Å²) < 4.78 is 2.00. The Morgan fingerprint density at radius 3 is 2.62 bits per heavy atom. The number of aryl methyl sites for hydroxylation is 1. The minimum Gasteiger partial charge on any atom is -0.348 e. The first kappa shape index (κ1) is 16.7. The van der Waals surface area contributed by atoms with Gasteiger partial charge in [-0.25, -0.2) is 0 Å². The molecule has 0 bridgehead atoms. The Hall–Kier alpha value is -2.14. The summed E-state index contributed by atoms with van der Waals surface area (Å²) in [6.07, 6.45) is 5.53. The van der Waals surface area contributed by atoms with E-state index in [1.807, 2.05) is 35.8 Å². The Morgan fingerprint density at radius 1 is 1.12 bits per heavy atom. The summed E-state index contributed by atoms with van der Waals surface area (Å²) in [6.45, 7) is 6.32. The van der Waals surface area contributed by atoms with Crippen LogP contribution in [0.25, 0.3) is 10.9 Å². The van der Waals surface area contributed by atoms with Crippen molar-refractivity contribution >= 4 is 22.6 Å². The molecule has 1 fully saturated rings. The van der Waals surface area contributed by atoms with E-state index < -0.39 is 11.7 Å². The van der Waals surface area contributed by atoms with Gasteiger partial charge in [-0.2, -0.15) is 0 Å². The van der Waals surface area contributed by atoms with Gasteiger partial charge in [-0.05, 0) is 38.9 Å². The zero-order valence-corrected chi connectivity index (χ0v) is 14.3. The van der Waals surface area contributed by atoms with Gasteiger partial charge in [0.25, 0.3) is 11.7 Å². The van der Waals surface area contributed by atoms with Gasteiger partial charge in [-0.3, -0.25) is 9.59 Å². The van der Waals surface area contributed by atoms with Crippen LogP contribution in [0.2, 0.25) is 0 Å². The summed E-state index contributed by atoms with van der Waals surface area (Å²) in [7, 11) is 0. The smallest absolute Gasteiger partial charge is 0.292 e. The molecule has 1 aromatic heterocycles. The molecule has 0 atom stereocenters. The van der Waals surface area contributed by atoms with E-state index in [1.165, 1.54) is 19.3 Å². The van der Waals surface area contributed by atoms with Crippen LogP contribution in [0, 0.1) is 0 Å². The van der Waals surface area contributed by atoms with Gasteiger partial charge in [0, 0.05) is 36.7 Å². The number of para-hydroxylation sites is 1. The van der Waals surface area contributed by atoms with Crippen molar-refractivity contribution in [3.8, 4) is 0 Å². The number of fused-ring (bicyclic) bond motifs is 1. The van der Waals surface area contributed by atoms with Gasteiger partial charge in [0.1, 0.15) is 0 Å². The number of nitrogens with one attached hydrogen (secondary N) is 1. The fraction of sp³-hybridized carbons (Fsp3) is 0.474. The number of likely N-dealkylation sites (tertiary alicyclic amines) is 1. The standard InChI is InChI=1S/C19H25N3O2/c1-2-22-14-16(15-8-4-5-9-17(15)22)18(23)19(24)20-10-13-21-11-6-3-7-12-21/h4-5,8-9,14H,2-3,6-7,10-13H2,1H3,(H,20,24). The molecule has 0 saturated carbocycles. The zero-order valence-electron chi connectivity index (χ0n) is 14.3. The second-order valence-corrected chi connectivity index (χ2v) is 6.33. The van der Waals surface area contributed by atoms with Crippen molar-refractivity contribution in [1.82, 2.24) is 14.8 Å². The highest BCUT2D eigenvalue weighted by Gasteiger charge is 2.21. The van der Waals surface area contributed by atoms with Crippen LogP contribution in [0.15, 0.2) is 30.5 Å². The molecule has 3 rings (SSSR count). The molecule has 2 aromatic rings. The Kier molecular flexibility index (Phi) is 5.30. The molecule has 24 heavy (non-hydrogen) atoms. The molecule has 128 valence electrons. The molecule has 0 radical (unpaired) electrons. The number of aromatic nitrogens is 1. The molecule has 0 aliphatic carbocycles. The lowest BCUT2D eigenvalue weighted by atomic mass is 10.1. The number of hydrogen-bond donors (Lipinski definition) is 1. The summed E-state index contributed by atoms with van der Waals surface area (Å²) in [5.74, 6) is -0.956. The second kappa shape index (κ2) is 7.62. The summed E-state index contributed by atoms with van der Waals surface area (Å²) in [4.78, 5) is 27.1. The lowest BCUT2D eigenvalue weighted by Gasteiger charge is -2.26. The molecule has 1 N–H and O–H groups in total. The third kappa shape index (κ3) is 3.51. The van der Waals surface area contributed by atoms with Gasteiger partial charge in [0.15, 0.2) is 0 Å². The average Bonchev–Trinajstić information content (AvgIpc) is 3.00.